The molecule has 10 heteroatoms. The molecule has 1 rings (SSSR count). The molecule has 0 saturated heterocycles. The van der Waals surface area contributed by atoms with Gasteiger partial charge in [-0.15, -0.1) is 0 Å². The predicted octanol–water partition coefficient (Wildman–Crippen LogP) is 1.99. The maximum Gasteiger partial charge on any atom is 0.416 e. The van der Waals surface area contributed by atoms with Gasteiger partial charge in [0, 0.05) is 27.2 Å². The summed E-state index contributed by atoms with van der Waals surface area (Å²) in [6, 6.07) is 4.89. The molecule has 0 saturated carbocycles. The molecule has 1 aromatic carbocycles. The second kappa shape index (κ2) is 10.8. The Morgan fingerprint density at radius 3 is 2.33 bits per heavy atom. The van der Waals surface area contributed by atoms with Gasteiger partial charge in [-0.25, -0.2) is 4.99 Å². The molecule has 0 radical (unpaired) electrons. The van der Waals surface area contributed by atoms with Crippen LogP contribution in [0.1, 0.15) is 31.9 Å². The summed E-state index contributed by atoms with van der Waals surface area (Å²) in [6.07, 6.45) is -4.44. The van der Waals surface area contributed by atoms with Crippen LogP contribution in [0, 0.1) is 5.41 Å². The van der Waals surface area contributed by atoms with Crippen molar-refractivity contribution in [2.24, 2.45) is 10.4 Å². The summed E-state index contributed by atoms with van der Waals surface area (Å²) in [6.45, 7) is 5.94. The van der Waals surface area contributed by atoms with Crippen LogP contribution < -0.4 is 16.0 Å². The van der Waals surface area contributed by atoms with Crippen molar-refractivity contribution in [1.82, 2.24) is 20.9 Å². The summed E-state index contributed by atoms with van der Waals surface area (Å²) in [5.41, 5.74) is -1.15. The molecule has 3 N–H and O–H groups in total. The smallest absolute Gasteiger partial charge is 0.356 e. The van der Waals surface area contributed by atoms with E-state index in [-0.39, 0.29) is 37.4 Å². The van der Waals surface area contributed by atoms with Gasteiger partial charge in [0.15, 0.2) is 5.96 Å². The quantitative estimate of drug-likeness (QED) is 0.436. The number of hydrogen-bond acceptors (Lipinski definition) is 3. The fraction of sp³-hybridized carbons (Fsp3) is 0.550. The molecule has 7 nitrogen and oxygen atoms in total. The predicted molar refractivity (Wildman–Crippen MR) is 110 cm³/mol. The van der Waals surface area contributed by atoms with Gasteiger partial charge in [0.25, 0.3) is 0 Å². The van der Waals surface area contributed by atoms with Crippen LogP contribution in [0.2, 0.25) is 0 Å². The van der Waals surface area contributed by atoms with Crippen LogP contribution in [-0.4, -0.2) is 56.4 Å². The summed E-state index contributed by atoms with van der Waals surface area (Å²) in [7, 11) is 3.21. The van der Waals surface area contributed by atoms with Gasteiger partial charge in [0.1, 0.15) is 0 Å². The molecule has 0 bridgehead atoms. The Kier molecular flexibility index (Phi) is 9.13. The number of likely N-dealkylation sites (N-methyl/N-ethyl adjacent to an activating group) is 1. The molecule has 0 atom stereocenters. The molecular formula is C20H30F3N5O2. The Morgan fingerprint density at radius 2 is 1.77 bits per heavy atom. The largest absolute Gasteiger partial charge is 0.416 e. The highest BCUT2D eigenvalue weighted by Crippen LogP contribution is 2.29. The van der Waals surface area contributed by atoms with Gasteiger partial charge in [0.05, 0.1) is 24.1 Å². The average molecular weight is 429 g/mol. The highest BCUT2D eigenvalue weighted by molar-refractivity contribution is 5.87. The lowest BCUT2D eigenvalue weighted by Crippen LogP contribution is -2.49. The summed E-state index contributed by atoms with van der Waals surface area (Å²) in [5.74, 6) is -0.134. The fourth-order valence-electron chi connectivity index (χ4n) is 2.29. The van der Waals surface area contributed by atoms with Crippen molar-refractivity contribution in [3.63, 3.8) is 0 Å². The SMILES string of the molecule is CCNC(=O)C(C)(C)CNC(=NCc1cccc(C(F)(F)F)c1)NCC(=O)N(C)C. The van der Waals surface area contributed by atoms with E-state index in [2.05, 4.69) is 20.9 Å². The number of carbonyl (C=O) groups excluding carboxylic acids is 2. The van der Waals surface area contributed by atoms with Gasteiger partial charge >= 0.3 is 6.18 Å². The number of aliphatic imine (C=N–C) groups is 1. The van der Waals surface area contributed by atoms with Crippen LogP contribution in [0.4, 0.5) is 13.2 Å². The molecule has 30 heavy (non-hydrogen) atoms. The number of amides is 2. The number of alkyl halides is 3. The molecule has 0 aliphatic carbocycles. The van der Waals surface area contributed by atoms with E-state index >= 15 is 0 Å². The number of rotatable bonds is 8. The Balaban J connectivity index is 2.94. The monoisotopic (exact) mass is 429 g/mol. The van der Waals surface area contributed by atoms with Crippen molar-refractivity contribution in [3.8, 4) is 0 Å². The summed E-state index contributed by atoms with van der Waals surface area (Å²) < 4.78 is 38.7. The van der Waals surface area contributed by atoms with Gasteiger partial charge < -0.3 is 20.9 Å². The maximum atomic E-state index is 12.9. The zero-order valence-electron chi connectivity index (χ0n) is 18.0. The lowest BCUT2D eigenvalue weighted by Gasteiger charge is -2.25. The zero-order chi connectivity index (χ0) is 22.9. The molecular weight excluding hydrogens is 399 g/mol. The maximum absolute atomic E-state index is 12.9. The Morgan fingerprint density at radius 1 is 1.10 bits per heavy atom. The first kappa shape index (κ1) is 25.3. The molecule has 0 spiro atoms. The molecule has 0 unspecified atom stereocenters. The second-order valence-electron chi connectivity index (χ2n) is 7.60. The van der Waals surface area contributed by atoms with Crippen LogP contribution in [-0.2, 0) is 22.3 Å². The first-order valence-corrected chi connectivity index (χ1v) is 9.53. The van der Waals surface area contributed by atoms with Crippen molar-refractivity contribution in [2.75, 3.05) is 33.7 Å². The Bertz CT molecular complexity index is 761. The minimum Gasteiger partial charge on any atom is -0.356 e. The molecule has 2 amide bonds. The van der Waals surface area contributed by atoms with Gasteiger partial charge in [-0.3, -0.25) is 9.59 Å². The van der Waals surface area contributed by atoms with E-state index in [1.165, 1.54) is 11.0 Å². The number of hydrogen-bond donors (Lipinski definition) is 3. The van der Waals surface area contributed by atoms with Crippen molar-refractivity contribution in [1.29, 1.82) is 0 Å². The van der Waals surface area contributed by atoms with Gasteiger partial charge in [-0.2, -0.15) is 13.2 Å². The fourth-order valence-corrected chi connectivity index (χ4v) is 2.29. The minimum absolute atomic E-state index is 0.0308. The van der Waals surface area contributed by atoms with Crippen LogP contribution in [0.3, 0.4) is 0 Å². The summed E-state index contributed by atoms with van der Waals surface area (Å²) >= 11 is 0. The van der Waals surface area contributed by atoms with E-state index in [1.54, 1.807) is 34.0 Å². The van der Waals surface area contributed by atoms with Gasteiger partial charge in [0.2, 0.25) is 11.8 Å². The second-order valence-corrected chi connectivity index (χ2v) is 7.60. The van der Waals surface area contributed by atoms with Crippen LogP contribution >= 0.6 is 0 Å². The average Bonchev–Trinajstić information content (AvgIpc) is 2.66. The van der Waals surface area contributed by atoms with E-state index in [9.17, 15) is 22.8 Å². The number of nitrogens with zero attached hydrogens (tertiary/aromatic N) is 2. The minimum atomic E-state index is -4.44. The number of benzene rings is 1. The molecule has 168 valence electrons. The number of nitrogens with one attached hydrogen (secondary N) is 3. The van der Waals surface area contributed by atoms with E-state index in [4.69, 9.17) is 0 Å². The van der Waals surface area contributed by atoms with Crippen LogP contribution in [0.15, 0.2) is 29.3 Å². The first-order chi connectivity index (χ1) is 13.9. The molecule has 0 fully saturated rings. The topological polar surface area (TPSA) is 85.8 Å². The first-order valence-electron chi connectivity index (χ1n) is 9.53. The third-order valence-electron chi connectivity index (χ3n) is 4.23. The third kappa shape index (κ3) is 8.30. The van der Waals surface area contributed by atoms with E-state index in [0.29, 0.717) is 12.1 Å². The molecule has 1 aromatic rings. The number of carbonyl (C=O) groups is 2. The van der Waals surface area contributed by atoms with Crippen molar-refractivity contribution in [3.05, 3.63) is 35.4 Å². The normalized spacial score (nSPS) is 12.3. The zero-order valence-corrected chi connectivity index (χ0v) is 18.0. The molecule has 0 aromatic heterocycles. The van der Waals surface area contributed by atoms with E-state index in [1.807, 2.05) is 6.92 Å². The third-order valence-corrected chi connectivity index (χ3v) is 4.23. The highest BCUT2D eigenvalue weighted by Gasteiger charge is 2.30. The van der Waals surface area contributed by atoms with Gasteiger partial charge in [-0.05, 0) is 38.5 Å². The van der Waals surface area contributed by atoms with E-state index < -0.39 is 17.2 Å². The summed E-state index contributed by atoms with van der Waals surface area (Å²) in [5, 5.41) is 8.59. The molecule has 0 aliphatic rings. The number of guanidine groups is 1. The Labute approximate surface area is 175 Å². The van der Waals surface area contributed by atoms with Crippen molar-refractivity contribution >= 4 is 17.8 Å². The van der Waals surface area contributed by atoms with Gasteiger partial charge in [-0.1, -0.05) is 12.1 Å². The van der Waals surface area contributed by atoms with Crippen molar-refractivity contribution < 1.29 is 22.8 Å². The number of halogens is 3. The highest BCUT2D eigenvalue weighted by atomic mass is 19.4. The Hall–Kier alpha value is -2.78. The van der Waals surface area contributed by atoms with Crippen molar-refractivity contribution in [2.45, 2.75) is 33.5 Å². The van der Waals surface area contributed by atoms with Crippen LogP contribution in [0.5, 0.6) is 0 Å². The molecule has 0 aliphatic heterocycles. The summed E-state index contributed by atoms with van der Waals surface area (Å²) in [4.78, 5) is 29.7. The van der Waals surface area contributed by atoms with E-state index in [0.717, 1.165) is 12.1 Å². The van der Waals surface area contributed by atoms with Crippen LogP contribution in [0.25, 0.3) is 0 Å². The lowest BCUT2D eigenvalue weighted by atomic mass is 9.92. The standard InChI is InChI=1S/C20H30F3N5O2/c1-6-24-17(30)19(2,3)13-27-18(26-12-16(29)28(4)5)25-11-14-8-7-9-15(10-14)20(21,22)23/h7-10H,6,11-13H2,1-5H3,(H,24,30)(H2,25,26,27). The lowest BCUT2D eigenvalue weighted by molar-refractivity contribution is -0.137. The molecule has 0 heterocycles.